The molecule has 0 N–H and O–H groups in total. The van der Waals surface area contributed by atoms with E-state index in [9.17, 15) is 0 Å². The Bertz CT molecular complexity index is 6360. The molecule has 0 saturated heterocycles. The maximum absolute atomic E-state index is 5.17. The molecule has 0 amide bonds. The van der Waals surface area contributed by atoms with Crippen LogP contribution in [0.4, 0.5) is 0 Å². The molecule has 4 heterocycles. The summed E-state index contributed by atoms with van der Waals surface area (Å²) < 4.78 is 0. The predicted molar refractivity (Wildman–Crippen MR) is 433 cm³/mol. The van der Waals surface area contributed by atoms with Crippen molar-refractivity contribution in [2.45, 2.75) is 25.7 Å². The molecule has 2 aliphatic rings. The van der Waals surface area contributed by atoms with E-state index in [1.54, 1.807) is 0 Å². The monoisotopic (exact) mass is 1320 g/mol. The lowest BCUT2D eigenvalue weighted by Crippen LogP contribution is -2.14. The zero-order chi connectivity index (χ0) is 69.0. The lowest BCUT2D eigenvalue weighted by atomic mass is 9.80. The van der Waals surface area contributed by atoms with Crippen LogP contribution in [0.3, 0.4) is 0 Å². The van der Waals surface area contributed by atoms with Gasteiger partial charge in [-0.25, -0.2) is 0 Å². The summed E-state index contributed by atoms with van der Waals surface area (Å²) in [6.45, 7) is 4.73. The van der Waals surface area contributed by atoms with Gasteiger partial charge in [-0.1, -0.05) is 263 Å². The van der Waals surface area contributed by atoms with Crippen LogP contribution >= 0.6 is 0 Å². The molecule has 0 spiro atoms. The molecule has 14 aromatic carbocycles. The van der Waals surface area contributed by atoms with Gasteiger partial charge in [-0.15, -0.1) is 0 Å². The summed E-state index contributed by atoms with van der Waals surface area (Å²) in [7, 11) is 0. The number of hydrogen-bond acceptors (Lipinski definition) is 4. The van der Waals surface area contributed by atoms with Crippen molar-refractivity contribution >= 4 is 43.1 Å². The van der Waals surface area contributed by atoms with Gasteiger partial charge >= 0.3 is 0 Å². The third-order valence-electron chi connectivity index (χ3n) is 22.1. The number of fused-ring (bicyclic) bond motifs is 10. The fraction of sp³-hybridized carbons (Fsp3) is 0.0400. The first-order valence-corrected chi connectivity index (χ1v) is 35.9. The van der Waals surface area contributed by atoms with Crippen LogP contribution in [0.1, 0.15) is 36.1 Å². The molecule has 2 aliphatic carbocycles. The van der Waals surface area contributed by atoms with E-state index in [4.69, 9.17) is 19.9 Å². The van der Waals surface area contributed by atoms with Crippen LogP contribution < -0.4 is 0 Å². The fourth-order valence-electron chi connectivity index (χ4n) is 17.0. The van der Waals surface area contributed by atoms with Gasteiger partial charge in [0.25, 0.3) is 0 Å². The normalized spacial score (nSPS) is 12.6. The van der Waals surface area contributed by atoms with Crippen LogP contribution in [0.15, 0.2) is 352 Å². The number of benzene rings is 14. The van der Waals surface area contributed by atoms with Gasteiger partial charge in [0.2, 0.25) is 0 Å². The largest absolute Gasteiger partial charge is 0.256 e. The second kappa shape index (κ2) is 24.5. The number of hydrogen-bond donors (Lipinski definition) is 0. The molecule has 4 nitrogen and oxygen atoms in total. The summed E-state index contributed by atoms with van der Waals surface area (Å²) in [6, 6.07) is 120. The van der Waals surface area contributed by atoms with Crippen molar-refractivity contribution in [2.75, 3.05) is 0 Å². The van der Waals surface area contributed by atoms with E-state index in [-0.39, 0.29) is 5.41 Å². The first-order valence-electron chi connectivity index (χ1n) is 35.9. The van der Waals surface area contributed by atoms with Crippen molar-refractivity contribution < 1.29 is 0 Å². The summed E-state index contributed by atoms with van der Waals surface area (Å²) in [5.41, 5.74) is 34.6. The molecule has 0 radical (unpaired) electrons. The Balaban J connectivity index is 0.600. The minimum absolute atomic E-state index is 0.103. The lowest BCUT2D eigenvalue weighted by molar-refractivity contribution is 0.660. The first-order chi connectivity index (χ1) is 51.3. The molecular weight excluding hydrogens is 1260 g/mol. The van der Waals surface area contributed by atoms with Gasteiger partial charge in [-0.05, 0) is 240 Å². The smallest absolute Gasteiger partial charge is 0.0702 e. The number of pyridine rings is 4. The van der Waals surface area contributed by atoms with Crippen molar-refractivity contribution in [3.8, 4) is 145 Å². The zero-order valence-corrected chi connectivity index (χ0v) is 57.5. The summed E-state index contributed by atoms with van der Waals surface area (Å²) in [5.74, 6) is 0. The van der Waals surface area contributed by atoms with Gasteiger partial charge in [0.1, 0.15) is 0 Å². The lowest BCUT2D eigenvalue weighted by Gasteiger charge is -2.23. The Hall–Kier alpha value is -13.3. The van der Waals surface area contributed by atoms with Crippen molar-refractivity contribution in [1.29, 1.82) is 0 Å². The number of aromatic nitrogens is 4. The zero-order valence-electron chi connectivity index (χ0n) is 57.5. The van der Waals surface area contributed by atoms with Crippen molar-refractivity contribution in [1.82, 2.24) is 19.9 Å². The van der Waals surface area contributed by atoms with E-state index < -0.39 is 0 Å². The van der Waals surface area contributed by atoms with E-state index in [0.29, 0.717) is 0 Å². The van der Waals surface area contributed by atoms with Crippen LogP contribution in [0.2, 0.25) is 0 Å². The first kappa shape index (κ1) is 60.7. The second-order valence-electron chi connectivity index (χ2n) is 28.4. The average Bonchev–Trinajstić information content (AvgIpc) is 1.40. The van der Waals surface area contributed by atoms with E-state index in [0.717, 1.165) is 84.8 Å². The van der Waals surface area contributed by atoms with Crippen LogP contribution in [0, 0.1) is 0 Å². The third kappa shape index (κ3) is 10.2. The summed E-state index contributed by atoms with van der Waals surface area (Å²) in [6.07, 6.45) is 8.61. The standard InChI is InChI=1S/C100H66N4/c1-100(2)90-30-14-13-21-80(90)81-46-42-68(59-91(81)100)99-88-28-11-7-24-84(88)97(85-25-8-12-29-89(85)99)65-39-35-63(36-40-65)72-54-75(93-32-16-18-50-102-93)58-77(56-72)95-48-44-70(61-104-95)69-43-47-94(103-60-69)76-55-71(53-74(57-76)92-31-15-17-49-101-92)62-33-37-64(38-34-62)96-82-22-5-9-26-86(82)98(87-27-10-6-23-83(87)96)67-41-45-79-73(52-67)51-66-19-3-4-20-78(66)79/h3-50,52-61H,51H2,1-2H3. The van der Waals surface area contributed by atoms with Crippen molar-refractivity contribution in [3.05, 3.63) is 375 Å². The quantitative estimate of drug-likeness (QED) is 0.121. The topological polar surface area (TPSA) is 51.6 Å². The Morgan fingerprint density at radius 1 is 0.212 bits per heavy atom. The highest BCUT2D eigenvalue weighted by atomic mass is 14.7. The molecule has 18 aromatic rings. The van der Waals surface area contributed by atoms with Crippen LogP contribution in [0.25, 0.3) is 188 Å². The van der Waals surface area contributed by atoms with Gasteiger partial charge in [-0.2, -0.15) is 0 Å². The molecule has 0 atom stereocenters. The summed E-state index contributed by atoms with van der Waals surface area (Å²) >= 11 is 0. The Morgan fingerprint density at radius 2 is 0.538 bits per heavy atom. The number of nitrogens with zero attached hydrogens (tertiary/aromatic N) is 4. The van der Waals surface area contributed by atoms with Gasteiger partial charge in [-0.3, -0.25) is 19.9 Å². The highest BCUT2D eigenvalue weighted by Gasteiger charge is 2.36. The summed E-state index contributed by atoms with van der Waals surface area (Å²) in [5, 5.41) is 9.93. The van der Waals surface area contributed by atoms with Crippen LogP contribution in [-0.4, -0.2) is 19.9 Å². The van der Waals surface area contributed by atoms with E-state index in [2.05, 4.69) is 317 Å². The average molecular weight is 1320 g/mol. The molecule has 4 heteroatoms. The Morgan fingerprint density at radius 3 is 0.971 bits per heavy atom. The highest BCUT2D eigenvalue weighted by molar-refractivity contribution is 6.23. The van der Waals surface area contributed by atoms with Gasteiger partial charge in [0, 0.05) is 63.6 Å². The van der Waals surface area contributed by atoms with E-state index in [1.165, 1.54) is 132 Å². The molecule has 4 aromatic heterocycles. The molecule has 0 bridgehead atoms. The molecule has 0 aliphatic heterocycles. The summed E-state index contributed by atoms with van der Waals surface area (Å²) in [4.78, 5) is 20.0. The van der Waals surface area contributed by atoms with E-state index >= 15 is 0 Å². The predicted octanol–water partition coefficient (Wildman–Crippen LogP) is 26.1. The number of rotatable bonds is 11. The molecular formula is C100H66N4. The molecule has 0 saturated carbocycles. The van der Waals surface area contributed by atoms with Gasteiger partial charge in [0.05, 0.1) is 22.8 Å². The van der Waals surface area contributed by atoms with Crippen LogP contribution in [0.5, 0.6) is 0 Å². The molecule has 0 fully saturated rings. The fourth-order valence-corrected chi connectivity index (χ4v) is 17.0. The SMILES string of the molecule is CC1(C)c2ccccc2-c2ccc(-c3c4ccccc4c(-c4ccc(-c5cc(-c6ccccn6)cc(-c6ccc(-c7ccc(-c8cc(-c9ccc(-c%10c%11ccccc%11c(-c%11ccc%12c(c%11)Cc%11ccccc%11-%12)c%11ccccc%10%11)cc9)cc(-c9ccccn9)c8)nc7)cn6)c5)cc4)c4ccccc34)cc21. The minimum Gasteiger partial charge on any atom is -0.256 e. The highest BCUT2D eigenvalue weighted by Crippen LogP contribution is 2.53. The van der Waals surface area contributed by atoms with Gasteiger partial charge < -0.3 is 0 Å². The van der Waals surface area contributed by atoms with E-state index in [1.807, 2.05) is 49.1 Å². The van der Waals surface area contributed by atoms with Gasteiger partial charge in [0.15, 0.2) is 0 Å². The maximum atomic E-state index is 5.17. The van der Waals surface area contributed by atoms with Crippen LogP contribution in [-0.2, 0) is 11.8 Å². The Kier molecular flexibility index (Phi) is 14.3. The molecule has 486 valence electrons. The van der Waals surface area contributed by atoms with Crippen molar-refractivity contribution in [2.24, 2.45) is 0 Å². The molecule has 20 rings (SSSR count). The Labute approximate surface area is 604 Å². The second-order valence-corrected chi connectivity index (χ2v) is 28.4. The molecule has 104 heavy (non-hydrogen) atoms. The maximum Gasteiger partial charge on any atom is 0.0702 e. The third-order valence-corrected chi connectivity index (χ3v) is 22.1. The van der Waals surface area contributed by atoms with Crippen molar-refractivity contribution in [3.63, 3.8) is 0 Å². The minimum atomic E-state index is -0.103. The molecule has 0 unspecified atom stereocenters.